The molecule has 9 heteroatoms. The van der Waals surface area contributed by atoms with E-state index in [1.54, 1.807) is 16.7 Å². The van der Waals surface area contributed by atoms with Crippen molar-refractivity contribution in [3.8, 4) is 22.6 Å². The summed E-state index contributed by atoms with van der Waals surface area (Å²) in [5, 5.41) is 12.9. The van der Waals surface area contributed by atoms with E-state index in [0.29, 0.717) is 20.7 Å². The Kier molecular flexibility index (Phi) is 6.08. The molecule has 2 heterocycles. The predicted molar refractivity (Wildman–Crippen MR) is 123 cm³/mol. The number of aromatic nitrogens is 4. The first-order chi connectivity index (χ1) is 14.5. The quantitative estimate of drug-likeness (QED) is 0.372. The van der Waals surface area contributed by atoms with Crippen molar-refractivity contribution in [1.82, 2.24) is 19.7 Å². The largest absolute Gasteiger partial charge is 0.300 e. The van der Waals surface area contributed by atoms with Crippen molar-refractivity contribution >= 4 is 46.2 Å². The molecule has 0 radical (unpaired) electrons. The van der Waals surface area contributed by atoms with Crippen LogP contribution in [0.1, 0.15) is 12.5 Å². The first-order valence-corrected chi connectivity index (χ1v) is 11.0. The van der Waals surface area contributed by atoms with Crippen molar-refractivity contribution in [1.29, 1.82) is 0 Å². The van der Waals surface area contributed by atoms with Gasteiger partial charge in [-0.1, -0.05) is 42.8 Å². The second kappa shape index (κ2) is 8.91. The van der Waals surface area contributed by atoms with Crippen molar-refractivity contribution in [2.45, 2.75) is 19.9 Å². The van der Waals surface area contributed by atoms with Crippen LogP contribution in [0.5, 0.6) is 0 Å². The summed E-state index contributed by atoms with van der Waals surface area (Å²) in [7, 11) is 0. The fraction of sp³-hybridized carbons (Fsp3) is 0.143. The second-order valence-corrected chi connectivity index (χ2v) is 8.26. The Hall–Kier alpha value is -2.81. The van der Waals surface area contributed by atoms with Gasteiger partial charge in [-0.2, -0.15) is 5.10 Å². The molecule has 0 aliphatic heterocycles. The number of amides is 1. The molecule has 0 aliphatic rings. The van der Waals surface area contributed by atoms with Crippen LogP contribution in [0.2, 0.25) is 5.02 Å². The molecule has 4 rings (SSSR count). The SMILES string of the molecule is CCc1ccc(-c2csc(NC(=O)Cn3c(-c4ccc(Cl)cc4)n[nH]c3=S)n2)cc1. The van der Waals surface area contributed by atoms with E-state index in [1.165, 1.54) is 16.9 Å². The maximum Gasteiger partial charge on any atom is 0.246 e. The molecule has 30 heavy (non-hydrogen) atoms. The van der Waals surface area contributed by atoms with Gasteiger partial charge in [0.1, 0.15) is 6.54 Å². The molecule has 2 aromatic heterocycles. The molecular weight excluding hydrogens is 438 g/mol. The lowest BCUT2D eigenvalue weighted by Gasteiger charge is -2.07. The van der Waals surface area contributed by atoms with E-state index in [9.17, 15) is 4.79 Å². The minimum atomic E-state index is -0.232. The van der Waals surface area contributed by atoms with Crippen LogP contribution in [-0.2, 0) is 17.8 Å². The molecule has 0 unspecified atom stereocenters. The molecule has 2 N–H and O–H groups in total. The highest BCUT2D eigenvalue weighted by atomic mass is 35.5. The summed E-state index contributed by atoms with van der Waals surface area (Å²) < 4.78 is 2.01. The Bertz CT molecular complexity index is 1230. The molecule has 0 saturated heterocycles. The van der Waals surface area contributed by atoms with E-state index in [-0.39, 0.29) is 12.5 Å². The molecule has 152 valence electrons. The fourth-order valence-electron chi connectivity index (χ4n) is 2.96. The number of hydrogen-bond acceptors (Lipinski definition) is 5. The summed E-state index contributed by atoms with van der Waals surface area (Å²) in [5.41, 5.74) is 3.94. The lowest BCUT2D eigenvalue weighted by molar-refractivity contribution is -0.116. The van der Waals surface area contributed by atoms with Gasteiger partial charge in [0.15, 0.2) is 15.7 Å². The minimum Gasteiger partial charge on any atom is -0.300 e. The Labute approximate surface area is 187 Å². The van der Waals surface area contributed by atoms with E-state index in [1.807, 2.05) is 29.6 Å². The van der Waals surface area contributed by atoms with Gasteiger partial charge < -0.3 is 5.32 Å². The Morgan fingerprint density at radius 2 is 1.87 bits per heavy atom. The lowest BCUT2D eigenvalue weighted by atomic mass is 10.1. The van der Waals surface area contributed by atoms with Gasteiger partial charge in [0.05, 0.1) is 5.69 Å². The lowest BCUT2D eigenvalue weighted by Crippen LogP contribution is -2.19. The fourth-order valence-corrected chi connectivity index (χ4v) is 4.02. The Morgan fingerprint density at radius 1 is 1.17 bits per heavy atom. The standard InChI is InChI=1S/C21H18ClN5OS2/c1-2-13-3-5-14(6-4-13)17-12-30-20(23-17)24-18(28)11-27-19(25-26-21(27)29)15-7-9-16(22)10-8-15/h3-10,12H,2,11H2,1H3,(H,26,29)(H,23,24,28). The summed E-state index contributed by atoms with van der Waals surface area (Å²) in [6, 6.07) is 15.5. The van der Waals surface area contributed by atoms with Crippen LogP contribution in [0.4, 0.5) is 5.13 Å². The van der Waals surface area contributed by atoms with E-state index >= 15 is 0 Å². The van der Waals surface area contributed by atoms with Crippen LogP contribution in [0.25, 0.3) is 22.6 Å². The number of carbonyl (C=O) groups is 1. The highest BCUT2D eigenvalue weighted by molar-refractivity contribution is 7.71. The molecule has 0 saturated carbocycles. The topological polar surface area (TPSA) is 75.6 Å². The molecule has 0 fully saturated rings. The smallest absolute Gasteiger partial charge is 0.246 e. The molecular formula is C21H18ClN5OS2. The van der Waals surface area contributed by atoms with Crippen LogP contribution in [-0.4, -0.2) is 25.7 Å². The van der Waals surface area contributed by atoms with Crippen molar-refractivity contribution in [2.75, 3.05) is 5.32 Å². The molecule has 0 bridgehead atoms. The van der Waals surface area contributed by atoms with Crippen LogP contribution < -0.4 is 5.32 Å². The highest BCUT2D eigenvalue weighted by Crippen LogP contribution is 2.25. The van der Waals surface area contributed by atoms with E-state index in [2.05, 4.69) is 39.6 Å². The van der Waals surface area contributed by atoms with Crippen LogP contribution in [0.15, 0.2) is 53.9 Å². The molecule has 2 aromatic carbocycles. The molecule has 0 atom stereocenters. The number of H-pyrrole nitrogens is 1. The summed E-state index contributed by atoms with van der Waals surface area (Å²) in [4.78, 5) is 17.2. The average Bonchev–Trinajstić information content (AvgIpc) is 3.36. The number of halogens is 1. The summed E-state index contributed by atoms with van der Waals surface area (Å²) in [6.45, 7) is 2.14. The molecule has 4 aromatic rings. The van der Waals surface area contributed by atoms with Crippen molar-refractivity contribution in [3.05, 3.63) is 69.3 Å². The Balaban J connectivity index is 1.48. The number of benzene rings is 2. The van der Waals surface area contributed by atoms with Gasteiger partial charge in [0.25, 0.3) is 0 Å². The monoisotopic (exact) mass is 455 g/mol. The van der Waals surface area contributed by atoms with E-state index in [4.69, 9.17) is 23.8 Å². The van der Waals surface area contributed by atoms with Crippen LogP contribution >= 0.6 is 35.2 Å². The normalized spacial score (nSPS) is 10.9. The third-order valence-corrected chi connectivity index (χ3v) is 5.89. The third-order valence-electron chi connectivity index (χ3n) is 4.57. The molecule has 0 spiro atoms. The van der Waals surface area contributed by atoms with Gasteiger partial charge in [0.2, 0.25) is 5.91 Å². The highest BCUT2D eigenvalue weighted by Gasteiger charge is 2.14. The molecule has 0 aliphatic carbocycles. The minimum absolute atomic E-state index is 0.0212. The third kappa shape index (κ3) is 4.51. The number of nitrogens with zero attached hydrogens (tertiary/aromatic N) is 3. The number of anilines is 1. The van der Waals surface area contributed by atoms with Crippen molar-refractivity contribution < 1.29 is 4.79 Å². The van der Waals surface area contributed by atoms with E-state index in [0.717, 1.165) is 23.2 Å². The van der Waals surface area contributed by atoms with E-state index < -0.39 is 0 Å². The maximum absolute atomic E-state index is 12.6. The zero-order valence-electron chi connectivity index (χ0n) is 16.1. The van der Waals surface area contributed by atoms with Crippen molar-refractivity contribution in [3.63, 3.8) is 0 Å². The number of aromatic amines is 1. The van der Waals surface area contributed by atoms with Crippen LogP contribution in [0.3, 0.4) is 0 Å². The number of aryl methyl sites for hydroxylation is 1. The van der Waals surface area contributed by atoms with Gasteiger partial charge in [0, 0.05) is 21.5 Å². The zero-order chi connectivity index (χ0) is 21.1. The van der Waals surface area contributed by atoms with Crippen molar-refractivity contribution in [2.24, 2.45) is 0 Å². The van der Waals surface area contributed by atoms with Gasteiger partial charge in [-0.05, 0) is 48.5 Å². The second-order valence-electron chi connectivity index (χ2n) is 6.58. The van der Waals surface area contributed by atoms with Gasteiger partial charge in [-0.15, -0.1) is 11.3 Å². The number of rotatable bonds is 6. The average molecular weight is 456 g/mol. The molecule has 1 amide bonds. The maximum atomic E-state index is 12.6. The summed E-state index contributed by atoms with van der Waals surface area (Å²) in [5.74, 6) is 0.340. The summed E-state index contributed by atoms with van der Waals surface area (Å²) >= 11 is 12.6. The predicted octanol–water partition coefficient (Wildman–Crippen LogP) is 5.59. The Morgan fingerprint density at radius 3 is 2.57 bits per heavy atom. The van der Waals surface area contributed by atoms with Crippen LogP contribution in [0, 0.1) is 4.77 Å². The van der Waals surface area contributed by atoms with Gasteiger partial charge in [-0.3, -0.25) is 14.5 Å². The number of nitrogens with one attached hydrogen (secondary N) is 2. The molecule has 6 nitrogen and oxygen atoms in total. The first kappa shape index (κ1) is 20.5. The summed E-state index contributed by atoms with van der Waals surface area (Å²) in [6.07, 6.45) is 0.993. The number of thiazole rings is 1. The zero-order valence-corrected chi connectivity index (χ0v) is 18.4. The number of carbonyl (C=O) groups excluding carboxylic acids is 1. The number of hydrogen-bond donors (Lipinski definition) is 2. The first-order valence-electron chi connectivity index (χ1n) is 9.29. The van der Waals surface area contributed by atoms with Gasteiger partial charge in [-0.25, -0.2) is 4.98 Å². The van der Waals surface area contributed by atoms with Gasteiger partial charge >= 0.3 is 0 Å².